The molecule has 9 heavy (non-hydrogen) atoms. The van der Waals surface area contributed by atoms with E-state index < -0.39 is 0 Å². The van der Waals surface area contributed by atoms with E-state index in [0.717, 1.165) is 0 Å². The van der Waals surface area contributed by atoms with Crippen LogP contribution in [-0.2, 0) is 0 Å². The molecule has 0 aliphatic carbocycles. The summed E-state index contributed by atoms with van der Waals surface area (Å²) in [7, 11) is 0. The molecule has 0 saturated carbocycles. The molecular weight excluding hydrogens is 157 g/mol. The largest absolute Gasteiger partial charge is 0.268 e. The SMILES string of the molecule is CC=N/C=C(Cl)\C=C\Cl. The maximum absolute atomic E-state index is 5.54. The molecule has 0 saturated heterocycles. The highest BCUT2D eigenvalue weighted by Crippen LogP contribution is 2.02. The van der Waals surface area contributed by atoms with E-state index in [4.69, 9.17) is 23.2 Å². The molecule has 0 unspecified atom stereocenters. The van der Waals surface area contributed by atoms with Crippen LogP contribution in [-0.4, -0.2) is 6.21 Å². The van der Waals surface area contributed by atoms with Gasteiger partial charge in [0.25, 0.3) is 0 Å². The molecule has 0 heterocycles. The topological polar surface area (TPSA) is 12.4 Å². The molecule has 0 aliphatic heterocycles. The second-order valence-electron chi connectivity index (χ2n) is 1.21. The lowest BCUT2D eigenvalue weighted by molar-refractivity contribution is 1.56. The summed E-state index contributed by atoms with van der Waals surface area (Å²) in [6.45, 7) is 1.81. The second kappa shape index (κ2) is 5.86. The Morgan fingerprint density at radius 3 is 2.67 bits per heavy atom. The molecular formula is C6H7Cl2N. The first-order chi connectivity index (χ1) is 4.31. The third kappa shape index (κ3) is 5.60. The molecule has 0 aromatic rings. The Morgan fingerprint density at radius 2 is 2.22 bits per heavy atom. The van der Waals surface area contributed by atoms with Gasteiger partial charge in [-0.1, -0.05) is 23.2 Å². The third-order valence-corrected chi connectivity index (χ3v) is 0.919. The van der Waals surface area contributed by atoms with Crippen molar-refractivity contribution in [2.24, 2.45) is 4.99 Å². The number of rotatable bonds is 2. The van der Waals surface area contributed by atoms with Gasteiger partial charge in [-0.2, -0.15) is 0 Å². The van der Waals surface area contributed by atoms with Gasteiger partial charge in [0.1, 0.15) is 0 Å². The van der Waals surface area contributed by atoms with Crippen molar-refractivity contribution < 1.29 is 0 Å². The van der Waals surface area contributed by atoms with Crippen molar-refractivity contribution >= 4 is 29.4 Å². The van der Waals surface area contributed by atoms with E-state index in [-0.39, 0.29) is 0 Å². The van der Waals surface area contributed by atoms with E-state index in [2.05, 4.69) is 4.99 Å². The molecule has 0 atom stereocenters. The number of allylic oxidation sites excluding steroid dienone is 2. The number of halogens is 2. The van der Waals surface area contributed by atoms with Crippen LogP contribution in [0.25, 0.3) is 0 Å². The van der Waals surface area contributed by atoms with Crippen molar-refractivity contribution in [3.8, 4) is 0 Å². The Labute approximate surface area is 64.7 Å². The third-order valence-electron chi connectivity index (χ3n) is 0.569. The predicted octanol–water partition coefficient (Wildman–Crippen LogP) is 2.91. The van der Waals surface area contributed by atoms with Gasteiger partial charge in [-0.05, 0) is 13.0 Å². The van der Waals surface area contributed by atoms with Crippen molar-refractivity contribution in [2.75, 3.05) is 0 Å². The molecule has 0 spiro atoms. The smallest absolute Gasteiger partial charge is 0.0597 e. The summed E-state index contributed by atoms with van der Waals surface area (Å²) in [4.78, 5) is 3.76. The highest BCUT2D eigenvalue weighted by Gasteiger charge is 1.77. The maximum Gasteiger partial charge on any atom is 0.0597 e. The minimum Gasteiger partial charge on any atom is -0.268 e. The van der Waals surface area contributed by atoms with Crippen LogP contribution >= 0.6 is 23.2 Å². The average Bonchev–Trinajstić information content (AvgIpc) is 1.85. The zero-order valence-corrected chi connectivity index (χ0v) is 6.52. The fraction of sp³-hybridized carbons (Fsp3) is 0.167. The number of aliphatic imine (C=N–C) groups is 1. The van der Waals surface area contributed by atoms with Crippen LogP contribution < -0.4 is 0 Å². The van der Waals surface area contributed by atoms with E-state index in [1.54, 1.807) is 12.3 Å². The van der Waals surface area contributed by atoms with Gasteiger partial charge in [-0.15, -0.1) is 0 Å². The Morgan fingerprint density at radius 1 is 1.56 bits per heavy atom. The second-order valence-corrected chi connectivity index (χ2v) is 1.90. The van der Waals surface area contributed by atoms with E-state index >= 15 is 0 Å². The van der Waals surface area contributed by atoms with E-state index in [0.29, 0.717) is 5.03 Å². The minimum atomic E-state index is 0.517. The highest BCUT2D eigenvalue weighted by atomic mass is 35.5. The van der Waals surface area contributed by atoms with Crippen molar-refractivity contribution in [2.45, 2.75) is 6.92 Å². The molecule has 1 nitrogen and oxygen atoms in total. The van der Waals surface area contributed by atoms with Crippen molar-refractivity contribution in [1.82, 2.24) is 0 Å². The van der Waals surface area contributed by atoms with Crippen molar-refractivity contribution in [3.05, 3.63) is 22.8 Å². The first-order valence-electron chi connectivity index (χ1n) is 2.41. The monoisotopic (exact) mass is 163 g/mol. The van der Waals surface area contributed by atoms with Gasteiger partial charge < -0.3 is 0 Å². The molecule has 0 N–H and O–H groups in total. The molecule has 0 radical (unpaired) electrons. The van der Waals surface area contributed by atoms with Crippen LogP contribution in [0.1, 0.15) is 6.92 Å². The fourth-order valence-electron chi connectivity index (χ4n) is 0.249. The van der Waals surface area contributed by atoms with Gasteiger partial charge in [-0.25, -0.2) is 0 Å². The lowest BCUT2D eigenvalue weighted by Gasteiger charge is -1.79. The summed E-state index contributed by atoms with van der Waals surface area (Å²) in [6.07, 6.45) is 4.71. The normalized spacial score (nSPS) is 13.9. The molecule has 0 aromatic carbocycles. The van der Waals surface area contributed by atoms with Crippen LogP contribution in [0, 0.1) is 0 Å². The van der Waals surface area contributed by atoms with Crippen molar-refractivity contribution in [1.29, 1.82) is 0 Å². The zero-order valence-electron chi connectivity index (χ0n) is 5.01. The highest BCUT2D eigenvalue weighted by molar-refractivity contribution is 6.33. The standard InChI is InChI=1S/C6H7Cl2N/c1-2-9-5-6(8)3-4-7/h2-5H,1H3/b4-3+,6-5+,9-2?. The van der Waals surface area contributed by atoms with Gasteiger partial charge in [0.05, 0.1) is 5.03 Å². The minimum absolute atomic E-state index is 0.517. The fourth-order valence-corrected chi connectivity index (χ4v) is 0.569. The summed E-state index contributed by atoms with van der Waals surface area (Å²) in [5.41, 5.74) is 1.34. The Bertz CT molecular complexity index is 147. The summed E-state index contributed by atoms with van der Waals surface area (Å²) in [5.74, 6) is 0. The molecule has 0 amide bonds. The molecule has 50 valence electrons. The Kier molecular flexibility index (Phi) is 5.68. The van der Waals surface area contributed by atoms with Gasteiger partial charge in [-0.3, -0.25) is 4.99 Å². The number of hydrogen-bond donors (Lipinski definition) is 0. The predicted molar refractivity (Wildman–Crippen MR) is 43.1 cm³/mol. The summed E-state index contributed by atoms with van der Waals surface area (Å²) < 4.78 is 0. The van der Waals surface area contributed by atoms with Gasteiger partial charge in [0, 0.05) is 17.9 Å². The van der Waals surface area contributed by atoms with E-state index in [9.17, 15) is 0 Å². The van der Waals surface area contributed by atoms with Crippen LogP contribution in [0.4, 0.5) is 0 Å². The summed E-state index contributed by atoms with van der Waals surface area (Å²) in [6, 6.07) is 0. The average molecular weight is 164 g/mol. The molecule has 0 aromatic heterocycles. The van der Waals surface area contributed by atoms with E-state index in [1.165, 1.54) is 11.7 Å². The first-order valence-corrected chi connectivity index (χ1v) is 3.23. The summed E-state index contributed by atoms with van der Waals surface area (Å²) in [5, 5.41) is 0.517. The first kappa shape index (κ1) is 8.73. The lowest BCUT2D eigenvalue weighted by atomic mass is 10.6. The Balaban J connectivity index is 3.84. The quantitative estimate of drug-likeness (QED) is 0.439. The maximum atomic E-state index is 5.54. The van der Waals surface area contributed by atoms with Crippen molar-refractivity contribution in [3.63, 3.8) is 0 Å². The molecule has 3 heteroatoms. The Hall–Kier alpha value is -0.270. The number of nitrogens with zero attached hydrogens (tertiary/aromatic N) is 1. The van der Waals surface area contributed by atoms with Crippen LogP contribution in [0.3, 0.4) is 0 Å². The lowest BCUT2D eigenvalue weighted by Crippen LogP contribution is -1.60. The van der Waals surface area contributed by atoms with Crippen LogP contribution in [0.2, 0.25) is 0 Å². The molecule has 0 rings (SSSR count). The van der Waals surface area contributed by atoms with Gasteiger partial charge >= 0.3 is 0 Å². The molecule has 0 aliphatic rings. The van der Waals surface area contributed by atoms with Crippen LogP contribution in [0.5, 0.6) is 0 Å². The van der Waals surface area contributed by atoms with Crippen LogP contribution in [0.15, 0.2) is 27.8 Å². The van der Waals surface area contributed by atoms with Gasteiger partial charge in [0.2, 0.25) is 0 Å². The molecule has 0 fully saturated rings. The zero-order chi connectivity index (χ0) is 7.11. The van der Waals surface area contributed by atoms with Gasteiger partial charge in [0.15, 0.2) is 0 Å². The number of hydrogen-bond acceptors (Lipinski definition) is 1. The summed E-state index contributed by atoms with van der Waals surface area (Å²) >= 11 is 10.8. The molecule has 0 bridgehead atoms. The van der Waals surface area contributed by atoms with E-state index in [1.807, 2.05) is 6.92 Å².